The molecule has 7 heteroatoms. The average Bonchev–Trinajstić information content (AvgIpc) is 0.723. The SMILES string of the molecule is CCC(CC)/C(O)=C/C(=O)C(CC)(CC)CC.[2H]c1cc2c3c(cc4c(CC(C)(C)C)cccc42)Oc2c([c-]c4cc(C)ccc4c2CC(C)(C)C)-c3n1.[2H]c1cc2c3c(cc4c(CC(C)(C)C)cccc42)Oc2c([c-]c4ccccc4c2CC(C)(C)C)-c3n1.[Ir]. The van der Waals surface area contributed by atoms with E-state index in [-0.39, 0.29) is 77.0 Å². The first kappa shape index (κ1) is 63.6. The van der Waals surface area contributed by atoms with Crippen molar-refractivity contribution >= 4 is 70.4 Å². The molecule has 12 rings (SSSR count). The Morgan fingerprint density at radius 3 is 1.39 bits per heavy atom. The molecular formula is C82H94IrN2O4-2. The summed E-state index contributed by atoms with van der Waals surface area (Å²) >= 11 is 0. The van der Waals surface area contributed by atoms with E-state index >= 15 is 0 Å². The van der Waals surface area contributed by atoms with Crippen LogP contribution in [0.5, 0.6) is 23.0 Å². The van der Waals surface area contributed by atoms with Crippen LogP contribution in [0, 0.1) is 52.0 Å². The third-order valence-electron chi connectivity index (χ3n) is 18.1. The van der Waals surface area contributed by atoms with Crippen molar-refractivity contribution in [2.45, 2.75) is 182 Å². The second-order valence-electron chi connectivity index (χ2n) is 30.0. The summed E-state index contributed by atoms with van der Waals surface area (Å²) < 4.78 is 31.0. The number of aryl methyl sites for hydroxylation is 1. The van der Waals surface area contributed by atoms with Gasteiger partial charge in [-0.05, 0) is 154 Å². The second-order valence-corrected chi connectivity index (χ2v) is 30.0. The van der Waals surface area contributed by atoms with E-state index in [4.69, 9.17) is 22.2 Å². The van der Waals surface area contributed by atoms with Crippen LogP contribution in [0.25, 0.3) is 87.1 Å². The molecule has 2 aliphatic heterocycles. The van der Waals surface area contributed by atoms with Gasteiger partial charge in [-0.3, -0.25) is 14.8 Å². The predicted molar refractivity (Wildman–Crippen MR) is 373 cm³/mol. The molecule has 89 heavy (non-hydrogen) atoms. The summed E-state index contributed by atoms with van der Waals surface area (Å²) in [6, 6.07) is 43.5. The standard InChI is InChI=1S/C34H34NO.C33H32NO.C15H28O2.Ir/c1-20-11-12-23-22(15-20)16-27-31-30-25(13-14-35-31)24-10-8-9-21(18-33(2,3)4)26(24)17-29(30)36-32(27)28(23)19-34(5,6)7;1-32(2,3)18-21-11-9-13-23-24-14-15-34-30-26-16-20-10-7-8-12-22(20)27(19-33(4,5)6)31(26)35-28(29(24)30)17-25(21)23;1-6-12(7-2)13(16)11-14(17)15(8-3,9-4)10-5;/h8-15,17H,18-19H2,1-7H3;7-15,17H,18-19H2,1-6H3;11-12,16H,6-10H2,1-5H3;/q2*-1;;/b;;13-11-;/i14D;15D;;. The van der Waals surface area contributed by atoms with Gasteiger partial charge in [-0.2, -0.15) is 0 Å². The minimum absolute atomic E-state index is 0. The Balaban J connectivity index is 0.000000172. The van der Waals surface area contributed by atoms with E-state index < -0.39 is 0 Å². The molecule has 4 heterocycles. The van der Waals surface area contributed by atoms with Gasteiger partial charge in [-0.15, -0.1) is 35.0 Å². The zero-order chi connectivity index (χ0) is 65.2. The van der Waals surface area contributed by atoms with Crippen LogP contribution in [-0.4, -0.2) is 20.9 Å². The van der Waals surface area contributed by atoms with Crippen molar-refractivity contribution in [1.82, 2.24) is 9.97 Å². The molecule has 1 radical (unpaired) electrons. The maximum Gasteiger partial charge on any atom is 0.165 e. The molecule has 1 N–H and O–H groups in total. The predicted octanol–water partition coefficient (Wildman–Crippen LogP) is 23.5. The Bertz CT molecular complexity index is 4460. The van der Waals surface area contributed by atoms with Crippen molar-refractivity contribution in [2.75, 3.05) is 0 Å². The fourth-order valence-corrected chi connectivity index (χ4v) is 13.6. The van der Waals surface area contributed by atoms with Gasteiger partial charge in [0.1, 0.15) is 11.5 Å². The minimum atomic E-state index is -0.278. The summed E-state index contributed by atoms with van der Waals surface area (Å²) in [5, 5.41) is 23.1. The summed E-state index contributed by atoms with van der Waals surface area (Å²) in [7, 11) is 0. The summed E-state index contributed by atoms with van der Waals surface area (Å²) in [6.45, 7) is 39.5. The number of carbonyl (C=O) groups excluding carboxylic acids is 1. The summed E-state index contributed by atoms with van der Waals surface area (Å²) in [5.41, 5.74) is 9.71. The molecule has 0 spiro atoms. The molecule has 0 bridgehead atoms. The van der Waals surface area contributed by atoms with Gasteiger partial charge >= 0.3 is 0 Å². The van der Waals surface area contributed by atoms with Crippen LogP contribution in [0.3, 0.4) is 0 Å². The number of ether oxygens (including phenoxy) is 2. The van der Waals surface area contributed by atoms with E-state index in [9.17, 15) is 9.90 Å². The Morgan fingerprint density at radius 1 is 0.528 bits per heavy atom. The Labute approximate surface area is 547 Å². The summed E-state index contributed by atoms with van der Waals surface area (Å²) in [6.07, 6.45) is 9.95. The molecule has 0 amide bonds. The van der Waals surface area contributed by atoms with Gasteiger partial charge in [0.15, 0.2) is 5.78 Å². The number of hydrogen-bond acceptors (Lipinski definition) is 6. The number of fused-ring (bicyclic) bond motifs is 10. The van der Waals surface area contributed by atoms with Crippen LogP contribution < -0.4 is 9.47 Å². The largest absolute Gasteiger partial charge is 0.512 e. The molecule has 0 aliphatic carbocycles. The number of rotatable bonds is 12. The van der Waals surface area contributed by atoms with Crippen LogP contribution in [0.15, 0.2) is 127 Å². The molecule has 467 valence electrons. The van der Waals surface area contributed by atoms with Crippen molar-refractivity contribution in [2.24, 2.45) is 33.0 Å². The third-order valence-corrected chi connectivity index (χ3v) is 18.1. The van der Waals surface area contributed by atoms with Gasteiger partial charge in [-0.1, -0.05) is 223 Å². The molecule has 0 saturated heterocycles. The average molecular weight is 1370 g/mol. The molecular weight excluding hydrogens is 1270 g/mol. The van der Waals surface area contributed by atoms with Gasteiger partial charge in [0.2, 0.25) is 0 Å². The summed E-state index contributed by atoms with van der Waals surface area (Å²) in [4.78, 5) is 21.8. The first-order chi connectivity index (χ1) is 42.4. The normalized spacial score (nSPS) is 13.4. The Morgan fingerprint density at radius 2 is 0.955 bits per heavy atom. The topological polar surface area (TPSA) is 81.5 Å². The first-order valence-electron chi connectivity index (χ1n) is 33.4. The molecule has 8 aromatic carbocycles. The van der Waals surface area contributed by atoms with E-state index in [0.29, 0.717) is 0 Å². The Kier molecular flexibility index (Phi) is 18.4. The van der Waals surface area contributed by atoms with Crippen LogP contribution in [-0.2, 0) is 50.6 Å². The molecule has 0 atom stereocenters. The first-order valence-corrected chi connectivity index (χ1v) is 32.4. The number of aromatic nitrogens is 2. The monoisotopic (exact) mass is 1370 g/mol. The van der Waals surface area contributed by atoms with Gasteiger partial charge in [-0.25, -0.2) is 0 Å². The van der Waals surface area contributed by atoms with Crippen LogP contribution in [0.4, 0.5) is 0 Å². The van der Waals surface area contributed by atoms with Crippen molar-refractivity contribution in [3.05, 3.63) is 167 Å². The summed E-state index contributed by atoms with van der Waals surface area (Å²) in [5.74, 6) is 3.81. The smallest absolute Gasteiger partial charge is 0.165 e. The maximum atomic E-state index is 12.3. The van der Waals surface area contributed by atoms with Gasteiger partial charge in [0.25, 0.3) is 0 Å². The van der Waals surface area contributed by atoms with Crippen molar-refractivity contribution < 1.29 is 42.2 Å². The quantitative estimate of drug-likeness (QED) is 0.0568. The molecule has 10 aromatic rings. The molecule has 2 aliphatic rings. The number of aliphatic hydroxyl groups is 1. The number of aliphatic hydroxyl groups excluding tert-OH is 1. The van der Waals surface area contributed by atoms with E-state index in [2.05, 4.69) is 193 Å². The fraction of sp³-hybridized carbons (Fsp3) is 0.402. The van der Waals surface area contributed by atoms with Crippen LogP contribution in [0.1, 0.15) is 180 Å². The van der Waals surface area contributed by atoms with Crippen molar-refractivity contribution in [3.63, 3.8) is 0 Å². The number of pyridine rings is 2. The molecule has 0 fully saturated rings. The molecule has 6 nitrogen and oxygen atoms in total. The number of hydrogen-bond donors (Lipinski definition) is 1. The van der Waals surface area contributed by atoms with E-state index in [0.717, 1.165) is 146 Å². The molecule has 0 unspecified atom stereocenters. The third kappa shape index (κ3) is 13.7. The molecule has 2 aromatic heterocycles. The number of ketones is 1. The van der Waals surface area contributed by atoms with Crippen LogP contribution in [0.2, 0.25) is 0 Å². The fourth-order valence-electron chi connectivity index (χ4n) is 13.6. The van der Waals surface area contributed by atoms with E-state index in [1.807, 2.05) is 46.8 Å². The van der Waals surface area contributed by atoms with Gasteiger partial charge < -0.3 is 14.6 Å². The van der Waals surface area contributed by atoms with E-state index in [1.165, 1.54) is 55.4 Å². The zero-order valence-corrected chi connectivity index (χ0v) is 58.6. The zero-order valence-electron chi connectivity index (χ0n) is 58.2. The second kappa shape index (κ2) is 25.8. The van der Waals surface area contributed by atoms with Gasteiger partial charge in [0, 0.05) is 72.0 Å². The molecule has 0 saturated carbocycles. The minimum Gasteiger partial charge on any atom is -0.512 e. The number of nitrogens with zero attached hydrogens (tertiary/aromatic N) is 2. The number of allylic oxidation sites excluding steroid dienone is 2. The maximum absolute atomic E-state index is 12.3. The van der Waals surface area contributed by atoms with E-state index in [1.54, 1.807) is 0 Å². The Hall–Kier alpha value is -6.92. The van der Waals surface area contributed by atoms with Crippen molar-refractivity contribution in [1.29, 1.82) is 0 Å². The number of benzene rings is 8. The number of carbonyl (C=O) groups is 1. The van der Waals surface area contributed by atoms with Gasteiger partial charge in [0.05, 0.1) is 20.0 Å². The van der Waals surface area contributed by atoms with Crippen LogP contribution >= 0.6 is 0 Å². The van der Waals surface area contributed by atoms with Crippen molar-refractivity contribution in [3.8, 4) is 45.5 Å².